The fourth-order valence-corrected chi connectivity index (χ4v) is 2.95. The van der Waals surface area contributed by atoms with Gasteiger partial charge < -0.3 is 4.74 Å². The number of carbonyl (C=O) groups excluding carboxylic acids is 1. The lowest BCUT2D eigenvalue weighted by molar-refractivity contribution is -0.136. The van der Waals surface area contributed by atoms with Crippen molar-refractivity contribution in [3.63, 3.8) is 0 Å². The quantitative estimate of drug-likeness (QED) is 0.734. The van der Waals surface area contributed by atoms with E-state index in [1.165, 1.54) is 16.3 Å². The highest BCUT2D eigenvalue weighted by Crippen LogP contribution is 2.50. The van der Waals surface area contributed by atoms with E-state index in [0.29, 0.717) is 6.47 Å². The van der Waals surface area contributed by atoms with Gasteiger partial charge >= 0.3 is 0 Å². The van der Waals surface area contributed by atoms with Gasteiger partial charge in [0, 0.05) is 11.0 Å². The Morgan fingerprint density at radius 1 is 1.18 bits per heavy atom. The van der Waals surface area contributed by atoms with Crippen LogP contribution < -0.4 is 0 Å². The molecule has 0 spiro atoms. The lowest BCUT2D eigenvalue weighted by atomic mass is 9.83. The minimum atomic E-state index is -0.180. The summed E-state index contributed by atoms with van der Waals surface area (Å²) in [5.74, 6) is 0. The predicted octanol–water partition coefficient (Wildman–Crippen LogP) is 3.35. The first kappa shape index (κ1) is 10.3. The number of hydrogen-bond acceptors (Lipinski definition) is 2. The Labute approximate surface area is 100 Å². The van der Waals surface area contributed by atoms with Gasteiger partial charge in [0.25, 0.3) is 6.47 Å². The summed E-state index contributed by atoms with van der Waals surface area (Å²) >= 11 is 0. The van der Waals surface area contributed by atoms with Crippen LogP contribution in [0.2, 0.25) is 0 Å². The molecule has 0 radical (unpaired) electrons. The van der Waals surface area contributed by atoms with Crippen LogP contribution in [0.25, 0.3) is 10.8 Å². The summed E-state index contributed by atoms with van der Waals surface area (Å²) in [4.78, 5) is 10.7. The molecule has 86 valence electrons. The second-order valence-corrected chi connectivity index (χ2v) is 5.08. The topological polar surface area (TPSA) is 26.3 Å². The van der Waals surface area contributed by atoms with Crippen LogP contribution in [0.5, 0.6) is 0 Å². The molecule has 0 saturated heterocycles. The Morgan fingerprint density at radius 3 is 2.59 bits per heavy atom. The molecular formula is C15H14O2. The highest BCUT2D eigenvalue weighted by Gasteiger charge is 2.42. The van der Waals surface area contributed by atoms with Crippen molar-refractivity contribution in [1.29, 1.82) is 0 Å². The fourth-order valence-electron chi connectivity index (χ4n) is 2.95. The van der Waals surface area contributed by atoms with Gasteiger partial charge in [-0.25, -0.2) is 0 Å². The molecule has 2 heteroatoms. The molecule has 0 heterocycles. The molecule has 0 bridgehead atoms. The molecule has 0 aromatic heterocycles. The van der Waals surface area contributed by atoms with Crippen molar-refractivity contribution < 1.29 is 9.53 Å². The normalized spacial score (nSPS) is 20.5. The number of hydrogen-bond donors (Lipinski definition) is 0. The van der Waals surface area contributed by atoms with E-state index in [2.05, 4.69) is 44.2 Å². The second kappa shape index (κ2) is 3.33. The van der Waals surface area contributed by atoms with Crippen molar-refractivity contribution >= 4 is 17.2 Å². The molecule has 0 N–H and O–H groups in total. The van der Waals surface area contributed by atoms with Crippen LogP contribution in [-0.2, 0) is 14.9 Å². The van der Waals surface area contributed by atoms with Crippen molar-refractivity contribution in [3.8, 4) is 0 Å². The molecule has 0 fully saturated rings. The summed E-state index contributed by atoms with van der Waals surface area (Å²) in [6.45, 7) is 4.79. The monoisotopic (exact) mass is 226 g/mol. The van der Waals surface area contributed by atoms with E-state index in [9.17, 15) is 4.79 Å². The first-order valence-corrected chi connectivity index (χ1v) is 5.77. The van der Waals surface area contributed by atoms with Crippen molar-refractivity contribution in [3.05, 3.63) is 47.5 Å². The maximum atomic E-state index is 10.7. The maximum absolute atomic E-state index is 10.7. The van der Waals surface area contributed by atoms with Gasteiger partial charge in [0.2, 0.25) is 0 Å². The molecule has 17 heavy (non-hydrogen) atoms. The predicted molar refractivity (Wildman–Crippen MR) is 66.9 cm³/mol. The molecule has 0 aliphatic heterocycles. The Balaban J connectivity index is 2.36. The van der Waals surface area contributed by atoms with E-state index in [1.54, 1.807) is 0 Å². The SMILES string of the molecule is CC1(C)c2cccc3cccc(c23)[C@H]1OC=O. The molecule has 1 atom stereocenters. The van der Waals surface area contributed by atoms with Crippen molar-refractivity contribution in [2.24, 2.45) is 0 Å². The number of carbonyl (C=O) groups is 1. The number of benzene rings is 2. The summed E-state index contributed by atoms with van der Waals surface area (Å²) < 4.78 is 5.31. The largest absolute Gasteiger partial charge is 0.459 e. The van der Waals surface area contributed by atoms with E-state index in [0.717, 1.165) is 5.56 Å². The van der Waals surface area contributed by atoms with Gasteiger partial charge in [0.05, 0.1) is 0 Å². The molecule has 1 aliphatic rings. The molecule has 3 rings (SSSR count). The third-order valence-electron chi connectivity index (χ3n) is 3.76. The molecule has 2 nitrogen and oxygen atoms in total. The number of rotatable bonds is 2. The molecule has 2 aromatic carbocycles. The Bertz CT molecular complexity index is 594. The summed E-state index contributed by atoms with van der Waals surface area (Å²) in [6, 6.07) is 12.5. The molecule has 0 unspecified atom stereocenters. The van der Waals surface area contributed by atoms with E-state index < -0.39 is 0 Å². The second-order valence-electron chi connectivity index (χ2n) is 5.08. The average Bonchev–Trinajstić information content (AvgIpc) is 2.54. The van der Waals surface area contributed by atoms with Gasteiger partial charge in [-0.3, -0.25) is 4.79 Å². The Morgan fingerprint density at radius 2 is 1.88 bits per heavy atom. The standard InChI is InChI=1S/C15H14O2/c1-15(2)12-8-4-6-10-5-3-7-11(13(10)12)14(15)17-9-16/h3-9,14H,1-2H3/t14-/m1/s1. The van der Waals surface area contributed by atoms with Crippen LogP contribution in [-0.4, -0.2) is 6.47 Å². The zero-order valence-electron chi connectivity index (χ0n) is 9.94. The maximum Gasteiger partial charge on any atom is 0.293 e. The lowest BCUT2D eigenvalue weighted by Gasteiger charge is -2.27. The third-order valence-corrected chi connectivity index (χ3v) is 3.76. The first-order valence-electron chi connectivity index (χ1n) is 5.77. The summed E-state index contributed by atoms with van der Waals surface area (Å²) in [7, 11) is 0. The van der Waals surface area contributed by atoms with E-state index >= 15 is 0 Å². The van der Waals surface area contributed by atoms with Crippen LogP contribution in [0.15, 0.2) is 36.4 Å². The van der Waals surface area contributed by atoms with Crippen LogP contribution >= 0.6 is 0 Å². The van der Waals surface area contributed by atoms with Gasteiger partial charge in [0.15, 0.2) is 0 Å². The van der Waals surface area contributed by atoms with Crippen LogP contribution in [0.1, 0.15) is 31.1 Å². The van der Waals surface area contributed by atoms with E-state index in [1.807, 2.05) is 6.07 Å². The molecule has 1 aliphatic carbocycles. The summed E-state index contributed by atoms with van der Waals surface area (Å²) in [5, 5.41) is 2.46. The van der Waals surface area contributed by atoms with E-state index in [-0.39, 0.29) is 11.5 Å². The summed E-state index contributed by atoms with van der Waals surface area (Å²) in [6.07, 6.45) is -0.180. The smallest absolute Gasteiger partial charge is 0.293 e. The minimum Gasteiger partial charge on any atom is -0.459 e. The molecular weight excluding hydrogens is 212 g/mol. The molecule has 0 amide bonds. The Hall–Kier alpha value is -1.83. The zero-order valence-corrected chi connectivity index (χ0v) is 9.94. The van der Waals surface area contributed by atoms with E-state index in [4.69, 9.17) is 4.74 Å². The van der Waals surface area contributed by atoms with Gasteiger partial charge in [-0.2, -0.15) is 0 Å². The zero-order chi connectivity index (χ0) is 12.0. The van der Waals surface area contributed by atoms with Crippen LogP contribution in [0.3, 0.4) is 0 Å². The third kappa shape index (κ3) is 1.24. The van der Waals surface area contributed by atoms with Crippen molar-refractivity contribution in [2.75, 3.05) is 0 Å². The lowest BCUT2D eigenvalue weighted by Crippen LogP contribution is -2.24. The highest BCUT2D eigenvalue weighted by molar-refractivity contribution is 5.92. The molecule has 2 aromatic rings. The fraction of sp³-hybridized carbons (Fsp3) is 0.267. The van der Waals surface area contributed by atoms with Crippen molar-refractivity contribution in [1.82, 2.24) is 0 Å². The van der Waals surface area contributed by atoms with Crippen LogP contribution in [0, 0.1) is 0 Å². The van der Waals surface area contributed by atoms with Crippen molar-refractivity contribution in [2.45, 2.75) is 25.4 Å². The minimum absolute atomic E-state index is 0.163. The summed E-state index contributed by atoms with van der Waals surface area (Å²) in [5.41, 5.74) is 2.22. The number of ether oxygens (including phenoxy) is 1. The van der Waals surface area contributed by atoms with Gasteiger partial charge in [-0.1, -0.05) is 50.2 Å². The first-order chi connectivity index (χ1) is 8.16. The average molecular weight is 226 g/mol. The highest BCUT2D eigenvalue weighted by atomic mass is 16.5. The Kier molecular flexibility index (Phi) is 2.02. The van der Waals surface area contributed by atoms with Gasteiger partial charge in [-0.05, 0) is 16.3 Å². The van der Waals surface area contributed by atoms with Crippen LogP contribution in [0.4, 0.5) is 0 Å². The molecule has 0 saturated carbocycles. The van der Waals surface area contributed by atoms with Gasteiger partial charge in [0.1, 0.15) is 6.10 Å². The van der Waals surface area contributed by atoms with Gasteiger partial charge in [-0.15, -0.1) is 0 Å².